The zero-order valence-electron chi connectivity index (χ0n) is 9.43. The van der Waals surface area contributed by atoms with Gasteiger partial charge in [0.2, 0.25) is 5.91 Å². The molecule has 1 aliphatic rings. The minimum atomic E-state index is 0.143. The zero-order chi connectivity index (χ0) is 10.6. The number of hydrogen-bond acceptors (Lipinski definition) is 2. The second-order valence-electron chi connectivity index (χ2n) is 4.71. The van der Waals surface area contributed by atoms with Crippen LogP contribution in [0.2, 0.25) is 0 Å². The van der Waals surface area contributed by atoms with Gasteiger partial charge in [0, 0.05) is 17.9 Å². The minimum absolute atomic E-state index is 0.143. The molecule has 1 aliphatic heterocycles. The molecule has 1 fully saturated rings. The highest BCUT2D eigenvalue weighted by Crippen LogP contribution is 2.25. The van der Waals surface area contributed by atoms with Gasteiger partial charge >= 0.3 is 0 Å². The molecule has 0 spiro atoms. The normalized spacial score (nSPS) is 21.1. The lowest BCUT2D eigenvalue weighted by molar-refractivity contribution is -0.130. The Balaban J connectivity index is 2.20. The Bertz CT molecular complexity index is 199. The minimum Gasteiger partial charge on any atom is -0.380 e. The summed E-state index contributed by atoms with van der Waals surface area (Å²) in [6.07, 6.45) is 2.04. The average Bonchev–Trinajstić information content (AvgIpc) is 2.11. The lowest BCUT2D eigenvalue weighted by Gasteiger charge is -2.38. The molecule has 3 heteroatoms. The quantitative estimate of drug-likeness (QED) is 0.730. The summed E-state index contributed by atoms with van der Waals surface area (Å²) < 4.78 is 5.13. The van der Waals surface area contributed by atoms with E-state index < -0.39 is 0 Å². The predicted molar refractivity (Wildman–Crippen MR) is 56.0 cm³/mol. The Labute approximate surface area is 86.2 Å². The number of nitrogens with one attached hydrogen (secondary N) is 1. The molecule has 1 N–H and O–H groups in total. The molecule has 0 aromatic heterocycles. The summed E-state index contributed by atoms with van der Waals surface area (Å²) in [7, 11) is 0. The molecular formula is C11H21NO2. The first-order valence-corrected chi connectivity index (χ1v) is 5.43. The Morgan fingerprint density at radius 1 is 1.57 bits per heavy atom. The van der Waals surface area contributed by atoms with Crippen LogP contribution in [0.5, 0.6) is 0 Å². The van der Waals surface area contributed by atoms with E-state index >= 15 is 0 Å². The van der Waals surface area contributed by atoms with Crippen molar-refractivity contribution in [3.05, 3.63) is 0 Å². The van der Waals surface area contributed by atoms with E-state index in [1.165, 1.54) is 0 Å². The van der Waals surface area contributed by atoms with Crippen LogP contribution >= 0.6 is 0 Å². The van der Waals surface area contributed by atoms with E-state index in [2.05, 4.69) is 19.2 Å². The highest BCUT2D eigenvalue weighted by Gasteiger charge is 2.33. The van der Waals surface area contributed by atoms with Crippen LogP contribution < -0.4 is 5.32 Å². The number of ether oxygens (including phenoxy) is 1. The molecule has 0 aliphatic carbocycles. The fourth-order valence-electron chi connectivity index (χ4n) is 1.59. The van der Waals surface area contributed by atoms with Crippen molar-refractivity contribution in [2.45, 2.75) is 33.6 Å². The molecule has 1 heterocycles. The number of amides is 1. The number of rotatable bonds is 5. The zero-order valence-corrected chi connectivity index (χ0v) is 9.43. The Morgan fingerprint density at radius 2 is 2.21 bits per heavy atom. The van der Waals surface area contributed by atoms with Gasteiger partial charge in [-0.1, -0.05) is 27.2 Å². The molecular weight excluding hydrogens is 178 g/mol. The number of carbonyl (C=O) groups excluding carboxylic acids is 1. The van der Waals surface area contributed by atoms with Gasteiger partial charge in [-0.15, -0.1) is 0 Å². The second kappa shape index (κ2) is 4.78. The number of hydrogen-bond donors (Lipinski definition) is 1. The monoisotopic (exact) mass is 199 g/mol. The van der Waals surface area contributed by atoms with Gasteiger partial charge in [0.05, 0.1) is 13.2 Å². The lowest BCUT2D eigenvalue weighted by atomic mass is 9.88. The van der Waals surface area contributed by atoms with Crippen molar-refractivity contribution in [1.29, 1.82) is 0 Å². The molecule has 1 atom stereocenters. The number of carbonyl (C=O) groups is 1. The summed E-state index contributed by atoms with van der Waals surface area (Å²) in [5.41, 5.74) is 0.182. The molecule has 0 bridgehead atoms. The van der Waals surface area contributed by atoms with Gasteiger partial charge in [0.15, 0.2) is 0 Å². The van der Waals surface area contributed by atoms with E-state index in [4.69, 9.17) is 4.74 Å². The van der Waals surface area contributed by atoms with Gasteiger partial charge in [-0.05, 0) is 6.42 Å². The van der Waals surface area contributed by atoms with Gasteiger partial charge < -0.3 is 10.1 Å². The summed E-state index contributed by atoms with van der Waals surface area (Å²) in [6, 6.07) is 0. The highest BCUT2D eigenvalue weighted by molar-refractivity contribution is 5.78. The first-order chi connectivity index (χ1) is 6.57. The molecule has 0 aromatic carbocycles. The first kappa shape index (κ1) is 11.5. The first-order valence-electron chi connectivity index (χ1n) is 5.43. The van der Waals surface area contributed by atoms with Crippen molar-refractivity contribution >= 4 is 5.91 Å². The SMILES string of the molecule is CCCC(C)C(=O)NCC1(C)COC1. The van der Waals surface area contributed by atoms with Gasteiger partial charge in [0.1, 0.15) is 0 Å². The average molecular weight is 199 g/mol. The third kappa shape index (κ3) is 2.98. The maximum absolute atomic E-state index is 11.6. The predicted octanol–water partition coefficient (Wildman–Crippen LogP) is 1.58. The van der Waals surface area contributed by atoms with Crippen LogP contribution in [0.3, 0.4) is 0 Å². The van der Waals surface area contributed by atoms with E-state index in [0.29, 0.717) is 0 Å². The van der Waals surface area contributed by atoms with Gasteiger partial charge in [-0.3, -0.25) is 4.79 Å². The molecule has 1 amide bonds. The van der Waals surface area contributed by atoms with Crippen molar-refractivity contribution in [2.24, 2.45) is 11.3 Å². The van der Waals surface area contributed by atoms with Crippen molar-refractivity contribution < 1.29 is 9.53 Å². The third-order valence-corrected chi connectivity index (χ3v) is 2.76. The van der Waals surface area contributed by atoms with Crippen LogP contribution in [-0.4, -0.2) is 25.7 Å². The molecule has 1 unspecified atom stereocenters. The van der Waals surface area contributed by atoms with E-state index in [-0.39, 0.29) is 17.2 Å². The van der Waals surface area contributed by atoms with Crippen LogP contribution in [0, 0.1) is 11.3 Å². The maximum atomic E-state index is 11.6. The summed E-state index contributed by atoms with van der Waals surface area (Å²) in [5, 5.41) is 2.99. The molecule has 1 saturated heterocycles. The van der Waals surface area contributed by atoms with Gasteiger partial charge in [-0.25, -0.2) is 0 Å². The van der Waals surface area contributed by atoms with Crippen molar-refractivity contribution in [1.82, 2.24) is 5.32 Å². The van der Waals surface area contributed by atoms with Crippen LogP contribution in [0.1, 0.15) is 33.6 Å². The van der Waals surface area contributed by atoms with Gasteiger partial charge in [0.25, 0.3) is 0 Å². The molecule has 82 valence electrons. The standard InChI is InChI=1S/C11H21NO2/c1-4-5-9(2)10(13)12-6-11(3)7-14-8-11/h9H,4-8H2,1-3H3,(H,12,13). The van der Waals surface area contributed by atoms with Crippen LogP contribution in [0.25, 0.3) is 0 Å². The Morgan fingerprint density at radius 3 is 2.64 bits per heavy atom. The largest absolute Gasteiger partial charge is 0.380 e. The maximum Gasteiger partial charge on any atom is 0.222 e. The smallest absolute Gasteiger partial charge is 0.222 e. The Hall–Kier alpha value is -0.570. The fourth-order valence-corrected chi connectivity index (χ4v) is 1.59. The van der Waals surface area contributed by atoms with E-state index in [9.17, 15) is 4.79 Å². The van der Waals surface area contributed by atoms with Crippen LogP contribution in [-0.2, 0) is 9.53 Å². The summed E-state index contributed by atoms with van der Waals surface area (Å²) >= 11 is 0. The summed E-state index contributed by atoms with van der Waals surface area (Å²) in [6.45, 7) is 8.52. The van der Waals surface area contributed by atoms with Crippen molar-refractivity contribution in [2.75, 3.05) is 19.8 Å². The van der Waals surface area contributed by atoms with Gasteiger partial charge in [-0.2, -0.15) is 0 Å². The molecule has 0 saturated carbocycles. The third-order valence-electron chi connectivity index (χ3n) is 2.76. The molecule has 0 aromatic rings. The van der Waals surface area contributed by atoms with E-state index in [1.807, 2.05) is 6.92 Å². The van der Waals surface area contributed by atoms with Crippen LogP contribution in [0.4, 0.5) is 0 Å². The van der Waals surface area contributed by atoms with E-state index in [0.717, 1.165) is 32.6 Å². The highest BCUT2D eigenvalue weighted by atomic mass is 16.5. The van der Waals surface area contributed by atoms with Crippen molar-refractivity contribution in [3.63, 3.8) is 0 Å². The summed E-state index contributed by atoms with van der Waals surface area (Å²) in [4.78, 5) is 11.6. The van der Waals surface area contributed by atoms with Crippen molar-refractivity contribution in [3.8, 4) is 0 Å². The van der Waals surface area contributed by atoms with E-state index in [1.54, 1.807) is 0 Å². The molecule has 1 rings (SSSR count). The Kier molecular flexibility index (Phi) is 3.93. The topological polar surface area (TPSA) is 38.3 Å². The molecule has 0 radical (unpaired) electrons. The molecule has 3 nitrogen and oxygen atoms in total. The summed E-state index contributed by atoms with van der Waals surface area (Å²) in [5.74, 6) is 0.324. The van der Waals surface area contributed by atoms with Crippen LogP contribution in [0.15, 0.2) is 0 Å². The molecule has 14 heavy (non-hydrogen) atoms. The fraction of sp³-hybridized carbons (Fsp3) is 0.909. The second-order valence-corrected chi connectivity index (χ2v) is 4.71. The lowest BCUT2D eigenvalue weighted by Crippen LogP contribution is -2.49.